The summed E-state index contributed by atoms with van der Waals surface area (Å²) in [5, 5.41) is 29.8. The van der Waals surface area contributed by atoms with Crippen LogP contribution in [0, 0.1) is 21.8 Å². The molecule has 3 aromatic rings. The van der Waals surface area contributed by atoms with E-state index in [0.29, 0.717) is 22.8 Å². The van der Waals surface area contributed by atoms with Crippen LogP contribution in [0.2, 0.25) is 10.0 Å². The van der Waals surface area contributed by atoms with Crippen LogP contribution < -0.4 is 10.6 Å². The largest absolute Gasteiger partial charge is 0.465 e. The number of hydrogen-bond donors (Lipinski definition) is 3. The number of anilines is 1. The SMILES string of the molecule is COC(=O)c1ccc(CN[C@@H]2[C@H](CO)N(CC3CCCC3)[C@@]3(C(=O)Nc4cc(Cl)ccc43)[C@H]2c2cccc(Cl)c2F)c([N+](=O)[O-])c1. The highest BCUT2D eigenvalue weighted by atomic mass is 35.5. The van der Waals surface area contributed by atoms with Crippen molar-refractivity contribution in [3.63, 3.8) is 0 Å². The maximum Gasteiger partial charge on any atom is 0.338 e. The standard InChI is InChI=1S/C33H33Cl2FN4O6/c1-46-31(42)19-9-10-20(26(13-19)40(44)45)15-37-30-27(17-41)39(16-18-5-2-3-6-18)33(28(30)22-7-4-8-24(35)29(22)36)23-12-11-21(34)14-25(23)38-32(33)43/h4,7-14,18,27-28,30,37,41H,2-3,5-6,15-17H2,1H3,(H,38,43)/t27-,28-,30+,33+/m0/s1. The molecule has 4 atom stereocenters. The zero-order valence-electron chi connectivity index (χ0n) is 25.0. The molecule has 13 heteroatoms. The second kappa shape index (κ2) is 12.9. The van der Waals surface area contributed by atoms with Crippen LogP contribution in [0.4, 0.5) is 15.8 Å². The van der Waals surface area contributed by atoms with Gasteiger partial charge in [-0.3, -0.25) is 19.8 Å². The fourth-order valence-electron chi connectivity index (χ4n) is 7.75. The number of nitrogens with one attached hydrogen (secondary N) is 2. The van der Waals surface area contributed by atoms with Gasteiger partial charge in [0.15, 0.2) is 0 Å². The molecule has 3 N–H and O–H groups in total. The van der Waals surface area contributed by atoms with Crippen molar-refractivity contribution in [2.24, 2.45) is 5.92 Å². The fourth-order valence-corrected chi connectivity index (χ4v) is 8.11. The normalized spacial score (nSPS) is 24.4. The third kappa shape index (κ3) is 5.33. The molecule has 10 nitrogen and oxygen atoms in total. The van der Waals surface area contributed by atoms with E-state index in [4.69, 9.17) is 27.9 Å². The number of nitro benzene ring substituents is 1. The number of methoxy groups -OCH3 is 1. The highest BCUT2D eigenvalue weighted by molar-refractivity contribution is 6.31. The highest BCUT2D eigenvalue weighted by Crippen LogP contribution is 2.58. The molecule has 46 heavy (non-hydrogen) atoms. The third-order valence-electron chi connectivity index (χ3n) is 9.73. The van der Waals surface area contributed by atoms with Gasteiger partial charge in [-0.25, -0.2) is 9.18 Å². The Labute approximate surface area is 275 Å². The summed E-state index contributed by atoms with van der Waals surface area (Å²) < 4.78 is 20.9. The zero-order chi connectivity index (χ0) is 32.7. The summed E-state index contributed by atoms with van der Waals surface area (Å²) in [7, 11) is 1.19. The number of aliphatic hydroxyl groups is 1. The predicted octanol–water partition coefficient (Wildman–Crippen LogP) is 5.78. The molecule has 6 rings (SSSR count). The lowest BCUT2D eigenvalue weighted by molar-refractivity contribution is -0.385. The van der Waals surface area contributed by atoms with Gasteiger partial charge in [-0.2, -0.15) is 0 Å². The van der Waals surface area contributed by atoms with Crippen LogP contribution in [0.3, 0.4) is 0 Å². The number of rotatable bonds is 9. The minimum absolute atomic E-state index is 0.0190. The lowest BCUT2D eigenvalue weighted by atomic mass is 9.73. The molecule has 242 valence electrons. The smallest absolute Gasteiger partial charge is 0.338 e. The molecule has 0 aromatic heterocycles. The maximum atomic E-state index is 16.2. The Bertz CT molecular complexity index is 1700. The van der Waals surface area contributed by atoms with Gasteiger partial charge >= 0.3 is 5.97 Å². The van der Waals surface area contributed by atoms with Gasteiger partial charge in [0.05, 0.1) is 35.3 Å². The van der Waals surface area contributed by atoms with E-state index in [1.54, 1.807) is 30.3 Å². The van der Waals surface area contributed by atoms with Crippen LogP contribution in [0.5, 0.6) is 0 Å². The van der Waals surface area contributed by atoms with Gasteiger partial charge in [0, 0.05) is 53.0 Å². The fraction of sp³-hybridized carbons (Fsp3) is 0.394. The minimum Gasteiger partial charge on any atom is -0.465 e. The van der Waals surface area contributed by atoms with E-state index in [1.807, 2.05) is 4.90 Å². The van der Waals surface area contributed by atoms with Crippen molar-refractivity contribution in [1.29, 1.82) is 0 Å². The first-order valence-corrected chi connectivity index (χ1v) is 15.9. The van der Waals surface area contributed by atoms with Crippen LogP contribution in [0.25, 0.3) is 0 Å². The topological polar surface area (TPSA) is 134 Å². The van der Waals surface area contributed by atoms with Gasteiger partial charge in [0.25, 0.3) is 5.69 Å². The molecule has 1 amide bonds. The Morgan fingerprint density at radius 1 is 1.20 bits per heavy atom. The summed E-state index contributed by atoms with van der Waals surface area (Å²) in [5.41, 5.74) is -0.245. The lowest BCUT2D eigenvalue weighted by Crippen LogP contribution is -2.54. The van der Waals surface area contributed by atoms with Crippen LogP contribution in [-0.4, -0.2) is 59.2 Å². The minimum atomic E-state index is -1.47. The Kier molecular flexibility index (Phi) is 9.06. The van der Waals surface area contributed by atoms with Crippen LogP contribution in [0.1, 0.15) is 58.6 Å². The van der Waals surface area contributed by atoms with Crippen molar-refractivity contribution in [3.8, 4) is 0 Å². The number of benzene rings is 3. The number of hydrogen-bond acceptors (Lipinski definition) is 8. The van der Waals surface area contributed by atoms with Gasteiger partial charge in [-0.05, 0) is 48.6 Å². The highest BCUT2D eigenvalue weighted by Gasteiger charge is 2.67. The Morgan fingerprint density at radius 2 is 1.96 bits per heavy atom. The van der Waals surface area contributed by atoms with E-state index in [1.165, 1.54) is 25.3 Å². The number of aliphatic hydroxyl groups excluding tert-OH is 1. The lowest BCUT2D eigenvalue weighted by Gasteiger charge is -2.40. The Balaban J connectivity index is 1.52. The molecule has 1 saturated heterocycles. The number of carbonyl (C=O) groups excluding carboxylic acids is 2. The molecule has 3 aliphatic rings. The van der Waals surface area contributed by atoms with E-state index in [9.17, 15) is 24.8 Å². The monoisotopic (exact) mass is 670 g/mol. The molecule has 2 aliphatic heterocycles. The molecule has 2 fully saturated rings. The Morgan fingerprint density at radius 3 is 2.65 bits per heavy atom. The van der Waals surface area contributed by atoms with Gasteiger partial charge in [-0.15, -0.1) is 0 Å². The van der Waals surface area contributed by atoms with Crippen molar-refractivity contribution in [2.45, 2.75) is 55.8 Å². The molecule has 0 bridgehead atoms. The van der Waals surface area contributed by atoms with Crippen molar-refractivity contribution >= 4 is 46.5 Å². The quantitative estimate of drug-likeness (QED) is 0.148. The van der Waals surface area contributed by atoms with Crippen molar-refractivity contribution in [2.75, 3.05) is 25.6 Å². The first-order valence-electron chi connectivity index (χ1n) is 15.1. The average Bonchev–Trinajstić information content (AvgIpc) is 3.73. The van der Waals surface area contributed by atoms with Crippen molar-refractivity contribution < 1.29 is 28.7 Å². The van der Waals surface area contributed by atoms with Crippen LogP contribution >= 0.6 is 23.2 Å². The number of nitrogens with zero attached hydrogens (tertiary/aromatic N) is 2. The second-order valence-corrected chi connectivity index (χ2v) is 12.9. The van der Waals surface area contributed by atoms with E-state index in [-0.39, 0.29) is 52.4 Å². The molecule has 1 saturated carbocycles. The summed E-state index contributed by atoms with van der Waals surface area (Å²) >= 11 is 12.7. The molecule has 1 aliphatic carbocycles. The summed E-state index contributed by atoms with van der Waals surface area (Å²) in [5.74, 6) is -2.48. The number of amides is 1. The van der Waals surface area contributed by atoms with Crippen molar-refractivity contribution in [3.05, 3.63) is 103 Å². The van der Waals surface area contributed by atoms with Crippen LogP contribution in [0.15, 0.2) is 54.6 Å². The van der Waals surface area contributed by atoms with E-state index in [0.717, 1.165) is 31.7 Å². The molecule has 2 heterocycles. The number of carbonyl (C=O) groups is 2. The number of ether oxygens (including phenoxy) is 1. The van der Waals surface area contributed by atoms with Gasteiger partial charge in [0.2, 0.25) is 5.91 Å². The maximum absolute atomic E-state index is 16.2. The number of esters is 1. The third-order valence-corrected chi connectivity index (χ3v) is 10.3. The average molecular weight is 672 g/mol. The number of nitro groups is 1. The molecule has 0 unspecified atom stereocenters. The molecule has 0 radical (unpaired) electrons. The van der Waals surface area contributed by atoms with Gasteiger partial charge in [-0.1, -0.05) is 60.3 Å². The first-order chi connectivity index (χ1) is 22.1. The van der Waals surface area contributed by atoms with Gasteiger partial charge < -0.3 is 20.5 Å². The second-order valence-electron chi connectivity index (χ2n) is 12.1. The summed E-state index contributed by atoms with van der Waals surface area (Å²) in [4.78, 5) is 40.1. The molecular weight excluding hydrogens is 638 g/mol. The predicted molar refractivity (Wildman–Crippen MR) is 171 cm³/mol. The summed E-state index contributed by atoms with van der Waals surface area (Å²) in [6.45, 7) is -0.00396. The van der Waals surface area contributed by atoms with E-state index < -0.39 is 40.3 Å². The van der Waals surface area contributed by atoms with Crippen LogP contribution in [-0.2, 0) is 21.6 Å². The summed E-state index contributed by atoms with van der Waals surface area (Å²) in [6.07, 6.45) is 4.00. The Hall–Kier alpha value is -3.61. The van der Waals surface area contributed by atoms with E-state index >= 15 is 4.39 Å². The van der Waals surface area contributed by atoms with E-state index in [2.05, 4.69) is 10.6 Å². The molecule has 3 aromatic carbocycles. The number of halogens is 3. The zero-order valence-corrected chi connectivity index (χ0v) is 26.5. The first kappa shape index (κ1) is 32.3. The number of fused-ring (bicyclic) bond motifs is 2. The van der Waals surface area contributed by atoms with Crippen molar-refractivity contribution in [1.82, 2.24) is 10.2 Å². The van der Waals surface area contributed by atoms with Gasteiger partial charge in [0.1, 0.15) is 11.4 Å². The summed E-state index contributed by atoms with van der Waals surface area (Å²) in [6, 6.07) is 12.3. The molecular formula is C33H33Cl2FN4O6. The molecule has 1 spiro atoms. The number of likely N-dealkylation sites (tertiary alicyclic amines) is 1.